The van der Waals surface area contributed by atoms with Crippen LogP contribution in [0.4, 0.5) is 4.39 Å². The van der Waals surface area contributed by atoms with E-state index in [4.69, 9.17) is 11.6 Å². The summed E-state index contributed by atoms with van der Waals surface area (Å²) < 4.78 is 14.0. The highest BCUT2D eigenvalue weighted by Crippen LogP contribution is 2.34. The lowest BCUT2D eigenvalue weighted by Crippen LogP contribution is -2.25. The van der Waals surface area contributed by atoms with Crippen LogP contribution in [0.2, 0.25) is 5.02 Å². The van der Waals surface area contributed by atoms with Crippen LogP contribution < -0.4 is 0 Å². The molecule has 1 N–H and O–H groups in total. The maximum Gasteiger partial charge on any atom is 0.131 e. The molecule has 2 aromatic rings. The molecule has 1 nitrogen and oxygen atoms in total. The Morgan fingerprint density at radius 1 is 1.05 bits per heavy atom. The van der Waals surface area contributed by atoms with Gasteiger partial charge < -0.3 is 5.11 Å². The van der Waals surface area contributed by atoms with E-state index in [1.54, 1.807) is 13.0 Å². The zero-order chi connectivity index (χ0) is 14.2. The molecule has 1 atom stereocenters. The van der Waals surface area contributed by atoms with Crippen LogP contribution in [0.3, 0.4) is 0 Å². The van der Waals surface area contributed by atoms with Gasteiger partial charge in [0.25, 0.3) is 0 Å². The predicted molar refractivity (Wildman–Crippen MR) is 76.0 cm³/mol. The van der Waals surface area contributed by atoms with Crippen molar-refractivity contribution >= 4 is 11.6 Å². The standard InChI is InChI=1S/C16H16ClFO/c1-10-4-5-11(2)14(8-10)16(3,19)13-7-6-12(17)9-15(13)18/h4-9,19H,1-3H3. The van der Waals surface area contributed by atoms with Gasteiger partial charge in [-0.05, 0) is 44.0 Å². The zero-order valence-corrected chi connectivity index (χ0v) is 11.9. The third kappa shape index (κ3) is 2.65. The summed E-state index contributed by atoms with van der Waals surface area (Å²) in [5, 5.41) is 11.1. The molecular weight excluding hydrogens is 263 g/mol. The lowest BCUT2D eigenvalue weighted by molar-refractivity contribution is 0.0972. The Labute approximate surface area is 117 Å². The molecule has 2 aromatic carbocycles. The normalized spacial score (nSPS) is 14.2. The summed E-state index contributed by atoms with van der Waals surface area (Å²) in [5.41, 5.74) is 1.49. The van der Waals surface area contributed by atoms with Crippen molar-refractivity contribution in [3.05, 3.63) is 69.5 Å². The Morgan fingerprint density at radius 3 is 2.37 bits per heavy atom. The number of aliphatic hydroxyl groups is 1. The van der Waals surface area contributed by atoms with Gasteiger partial charge in [0.05, 0.1) is 0 Å². The molecule has 19 heavy (non-hydrogen) atoms. The lowest BCUT2D eigenvalue weighted by Gasteiger charge is -2.27. The van der Waals surface area contributed by atoms with Gasteiger partial charge in [0.2, 0.25) is 0 Å². The Balaban J connectivity index is 2.61. The van der Waals surface area contributed by atoms with Crippen molar-refractivity contribution in [2.45, 2.75) is 26.4 Å². The summed E-state index contributed by atoms with van der Waals surface area (Å²) in [7, 11) is 0. The molecule has 0 radical (unpaired) electrons. The fraction of sp³-hybridized carbons (Fsp3) is 0.250. The minimum absolute atomic E-state index is 0.227. The van der Waals surface area contributed by atoms with Crippen molar-refractivity contribution < 1.29 is 9.50 Å². The Hall–Kier alpha value is -1.38. The monoisotopic (exact) mass is 278 g/mol. The molecule has 0 heterocycles. The second-order valence-corrected chi connectivity index (χ2v) is 5.45. The van der Waals surface area contributed by atoms with Gasteiger partial charge >= 0.3 is 0 Å². The first-order valence-corrected chi connectivity index (χ1v) is 6.46. The maximum absolute atomic E-state index is 14.0. The van der Waals surface area contributed by atoms with Crippen LogP contribution in [0, 0.1) is 19.7 Å². The van der Waals surface area contributed by atoms with E-state index in [9.17, 15) is 9.50 Å². The molecule has 0 amide bonds. The highest BCUT2D eigenvalue weighted by Gasteiger charge is 2.30. The second-order valence-electron chi connectivity index (χ2n) is 5.01. The molecule has 0 spiro atoms. The zero-order valence-electron chi connectivity index (χ0n) is 11.2. The minimum Gasteiger partial charge on any atom is -0.381 e. The quantitative estimate of drug-likeness (QED) is 0.866. The van der Waals surface area contributed by atoms with Crippen molar-refractivity contribution in [1.29, 1.82) is 0 Å². The maximum atomic E-state index is 14.0. The van der Waals surface area contributed by atoms with Crippen LogP contribution in [0.1, 0.15) is 29.2 Å². The molecule has 0 bridgehead atoms. The van der Waals surface area contributed by atoms with Gasteiger partial charge in [-0.15, -0.1) is 0 Å². The predicted octanol–water partition coefficient (Wildman–Crippen LogP) is 4.35. The fourth-order valence-corrected chi connectivity index (χ4v) is 2.45. The van der Waals surface area contributed by atoms with Crippen LogP contribution in [-0.2, 0) is 5.60 Å². The molecule has 0 aromatic heterocycles. The summed E-state index contributed by atoms with van der Waals surface area (Å²) in [4.78, 5) is 0. The fourth-order valence-electron chi connectivity index (χ4n) is 2.29. The van der Waals surface area contributed by atoms with Gasteiger partial charge in [0.15, 0.2) is 0 Å². The Kier molecular flexibility index (Phi) is 3.66. The smallest absolute Gasteiger partial charge is 0.131 e. The second kappa shape index (κ2) is 4.95. The summed E-state index contributed by atoms with van der Waals surface area (Å²) in [6, 6.07) is 10.1. The first-order chi connectivity index (χ1) is 8.82. The van der Waals surface area contributed by atoms with Crippen LogP contribution in [-0.4, -0.2) is 5.11 Å². The molecule has 2 rings (SSSR count). The van der Waals surface area contributed by atoms with E-state index in [1.807, 2.05) is 32.0 Å². The molecule has 100 valence electrons. The molecule has 0 saturated carbocycles. The number of aryl methyl sites for hydroxylation is 2. The van der Waals surface area contributed by atoms with E-state index >= 15 is 0 Å². The highest BCUT2D eigenvalue weighted by molar-refractivity contribution is 6.30. The van der Waals surface area contributed by atoms with Gasteiger partial charge in [0, 0.05) is 10.6 Å². The number of rotatable bonds is 2. The Morgan fingerprint density at radius 2 is 1.74 bits per heavy atom. The van der Waals surface area contributed by atoms with Crippen LogP contribution in [0.15, 0.2) is 36.4 Å². The SMILES string of the molecule is Cc1ccc(C)c(C(C)(O)c2ccc(Cl)cc2F)c1. The van der Waals surface area contributed by atoms with Gasteiger partial charge in [-0.25, -0.2) is 4.39 Å². The van der Waals surface area contributed by atoms with Crippen molar-refractivity contribution in [2.75, 3.05) is 0 Å². The Bertz CT molecular complexity index is 620. The van der Waals surface area contributed by atoms with Gasteiger partial charge in [-0.2, -0.15) is 0 Å². The molecule has 0 aliphatic rings. The van der Waals surface area contributed by atoms with E-state index in [0.29, 0.717) is 10.6 Å². The van der Waals surface area contributed by atoms with Gasteiger partial charge in [-0.1, -0.05) is 41.4 Å². The molecule has 0 saturated heterocycles. The summed E-state index contributed by atoms with van der Waals surface area (Å²) >= 11 is 5.75. The molecule has 3 heteroatoms. The van der Waals surface area contributed by atoms with E-state index in [1.165, 1.54) is 12.1 Å². The third-order valence-corrected chi connectivity index (χ3v) is 3.61. The van der Waals surface area contributed by atoms with Gasteiger partial charge in [-0.3, -0.25) is 0 Å². The molecule has 0 aliphatic heterocycles. The number of hydrogen-bond donors (Lipinski definition) is 1. The van der Waals surface area contributed by atoms with Crippen LogP contribution >= 0.6 is 11.6 Å². The first kappa shape index (κ1) is 14.0. The number of hydrogen-bond acceptors (Lipinski definition) is 1. The molecule has 1 unspecified atom stereocenters. The van der Waals surface area contributed by atoms with Crippen LogP contribution in [0.5, 0.6) is 0 Å². The van der Waals surface area contributed by atoms with Crippen molar-refractivity contribution in [1.82, 2.24) is 0 Å². The van der Waals surface area contributed by atoms with Crippen LogP contribution in [0.25, 0.3) is 0 Å². The van der Waals surface area contributed by atoms with E-state index in [-0.39, 0.29) is 5.56 Å². The first-order valence-electron chi connectivity index (χ1n) is 6.08. The molecule has 0 fully saturated rings. The third-order valence-electron chi connectivity index (χ3n) is 3.37. The molecule has 0 aliphatic carbocycles. The minimum atomic E-state index is -1.38. The number of halogens is 2. The summed E-state index contributed by atoms with van der Waals surface area (Å²) in [6.45, 7) is 5.44. The van der Waals surface area contributed by atoms with Gasteiger partial charge in [0.1, 0.15) is 11.4 Å². The average Bonchev–Trinajstić information content (AvgIpc) is 2.31. The number of benzene rings is 2. The average molecular weight is 279 g/mol. The largest absolute Gasteiger partial charge is 0.381 e. The van der Waals surface area contributed by atoms with Crippen molar-refractivity contribution in [2.24, 2.45) is 0 Å². The summed E-state index contributed by atoms with van der Waals surface area (Å²) in [5.74, 6) is -0.501. The summed E-state index contributed by atoms with van der Waals surface area (Å²) in [6.07, 6.45) is 0. The lowest BCUT2D eigenvalue weighted by atomic mass is 9.84. The highest BCUT2D eigenvalue weighted by atomic mass is 35.5. The molecular formula is C16H16ClFO. The van der Waals surface area contributed by atoms with E-state index < -0.39 is 11.4 Å². The topological polar surface area (TPSA) is 20.2 Å². The van der Waals surface area contributed by atoms with E-state index in [2.05, 4.69) is 0 Å². The van der Waals surface area contributed by atoms with Crippen molar-refractivity contribution in [3.63, 3.8) is 0 Å². The van der Waals surface area contributed by atoms with E-state index in [0.717, 1.165) is 11.1 Å². The van der Waals surface area contributed by atoms with Crippen molar-refractivity contribution in [3.8, 4) is 0 Å².